The van der Waals surface area contributed by atoms with E-state index in [0.29, 0.717) is 19.8 Å². The molecule has 0 aromatic carbocycles. The number of carboxylic acid groups (broad SMARTS) is 3. The zero-order valence-corrected chi connectivity index (χ0v) is 21.5. The molecule has 0 aromatic heterocycles. The molecule has 0 saturated heterocycles. The van der Waals surface area contributed by atoms with Crippen molar-refractivity contribution < 1.29 is 58.3 Å². The topological polar surface area (TPSA) is 269 Å². The molecule has 15 heteroatoms. The fourth-order valence-electron chi connectivity index (χ4n) is 0.427. The van der Waals surface area contributed by atoms with Gasteiger partial charge in [0.1, 0.15) is 0 Å². The molecule has 0 saturated carbocycles. The van der Waals surface area contributed by atoms with Crippen LogP contribution in [0.4, 0.5) is 14.4 Å². The third kappa shape index (κ3) is 88.1. The third-order valence-corrected chi connectivity index (χ3v) is 1.96. The molecule has 0 aliphatic carbocycles. The fraction of sp³-hybridized carbons (Fsp3) is 0.429. The van der Waals surface area contributed by atoms with Crippen LogP contribution in [0.2, 0.25) is 0 Å². The van der Waals surface area contributed by atoms with Gasteiger partial charge in [-0.2, -0.15) is 0 Å². The largest absolute Gasteiger partial charge is 0.478 e. The van der Waals surface area contributed by atoms with Gasteiger partial charge in [-0.25, -0.2) is 28.8 Å². The molecule has 0 aliphatic rings. The quantitative estimate of drug-likeness (QED) is 0.215. The van der Waals surface area contributed by atoms with Crippen LogP contribution >= 0.6 is 0 Å². The number of carboxylic acids is 3. The number of carbonyl (C=O) groups excluding carboxylic acids is 3. The molecule has 9 N–H and O–H groups in total. The van der Waals surface area contributed by atoms with Gasteiger partial charge in [-0.1, -0.05) is 19.7 Å². The minimum absolute atomic E-state index is 0.176. The number of rotatable bonds is 6. The van der Waals surface area contributed by atoms with Gasteiger partial charge in [0.05, 0.1) is 19.8 Å². The van der Waals surface area contributed by atoms with E-state index in [-0.39, 0.29) is 16.7 Å². The van der Waals surface area contributed by atoms with Gasteiger partial charge < -0.3 is 46.7 Å². The summed E-state index contributed by atoms with van der Waals surface area (Å²) in [6.07, 6.45) is -2.13. The van der Waals surface area contributed by atoms with Gasteiger partial charge in [0.2, 0.25) is 0 Å². The zero-order valence-electron chi connectivity index (χ0n) is 21.5. The molecular weight excluding hydrogens is 486 g/mol. The SMILES string of the molecule is C=C(C)C(=O)O.C=C(C)C(=O)O.C=C(C)C(=O)O.CCOC(N)=O.CCOC(N)=O.CCOC(N)=O. The van der Waals surface area contributed by atoms with Crippen molar-refractivity contribution in [3.8, 4) is 0 Å². The maximum absolute atomic E-state index is 9.60. The van der Waals surface area contributed by atoms with E-state index in [0.717, 1.165) is 0 Å². The molecule has 0 rings (SSSR count). The highest BCUT2D eigenvalue weighted by atomic mass is 16.6. The van der Waals surface area contributed by atoms with Crippen LogP contribution in [-0.4, -0.2) is 71.3 Å². The van der Waals surface area contributed by atoms with E-state index in [1.165, 1.54) is 20.8 Å². The molecular formula is C21H39N3O12. The number of hydrogen-bond donors (Lipinski definition) is 6. The third-order valence-electron chi connectivity index (χ3n) is 1.96. The van der Waals surface area contributed by atoms with Crippen LogP contribution < -0.4 is 17.2 Å². The van der Waals surface area contributed by atoms with Crippen molar-refractivity contribution in [3.63, 3.8) is 0 Å². The Morgan fingerprint density at radius 3 is 0.639 bits per heavy atom. The normalized spacial score (nSPS) is 7.50. The lowest BCUT2D eigenvalue weighted by molar-refractivity contribution is -0.133. The molecule has 0 aromatic rings. The van der Waals surface area contributed by atoms with Gasteiger partial charge in [-0.15, -0.1) is 0 Å². The molecule has 0 bridgehead atoms. The minimum atomic E-state index is -0.935. The smallest absolute Gasteiger partial charge is 0.404 e. The molecule has 0 radical (unpaired) electrons. The predicted octanol–water partition coefficient (Wildman–Crippen LogP) is 2.25. The number of hydrogen-bond acceptors (Lipinski definition) is 9. The first-order chi connectivity index (χ1) is 16.2. The van der Waals surface area contributed by atoms with Crippen molar-refractivity contribution in [2.24, 2.45) is 17.2 Å². The Kier molecular flexibility index (Phi) is 40.8. The van der Waals surface area contributed by atoms with Gasteiger partial charge in [-0.05, 0) is 41.5 Å². The Morgan fingerprint density at radius 1 is 0.528 bits per heavy atom. The number of amides is 3. The van der Waals surface area contributed by atoms with Crippen LogP contribution in [0.25, 0.3) is 0 Å². The lowest BCUT2D eigenvalue weighted by atomic mass is 10.4. The highest BCUT2D eigenvalue weighted by molar-refractivity contribution is 5.85. The molecule has 15 nitrogen and oxygen atoms in total. The first-order valence-electron chi connectivity index (χ1n) is 9.67. The van der Waals surface area contributed by atoms with Crippen LogP contribution in [0.15, 0.2) is 36.5 Å². The van der Waals surface area contributed by atoms with Crippen molar-refractivity contribution in [1.82, 2.24) is 0 Å². The maximum atomic E-state index is 9.60. The Labute approximate surface area is 210 Å². The number of ether oxygens (including phenoxy) is 3. The monoisotopic (exact) mass is 525 g/mol. The van der Waals surface area contributed by atoms with E-state index in [4.69, 9.17) is 15.3 Å². The lowest BCUT2D eigenvalue weighted by Gasteiger charge is -1.89. The Hall–Kier alpha value is -4.56. The Balaban J connectivity index is -0.0000000750. The van der Waals surface area contributed by atoms with Crippen LogP contribution in [-0.2, 0) is 28.6 Å². The maximum Gasteiger partial charge on any atom is 0.404 e. The first kappa shape index (κ1) is 45.0. The lowest BCUT2D eigenvalue weighted by Crippen LogP contribution is -2.11. The van der Waals surface area contributed by atoms with E-state index >= 15 is 0 Å². The molecule has 0 fully saturated rings. The second-order valence-electron chi connectivity index (χ2n) is 5.51. The fourth-order valence-corrected chi connectivity index (χ4v) is 0.427. The van der Waals surface area contributed by atoms with Crippen molar-refractivity contribution in [3.05, 3.63) is 36.5 Å². The van der Waals surface area contributed by atoms with E-state index in [9.17, 15) is 28.8 Å². The summed E-state index contributed by atoms with van der Waals surface area (Å²) in [6, 6.07) is 0. The summed E-state index contributed by atoms with van der Waals surface area (Å²) < 4.78 is 12.5. The molecule has 0 heterocycles. The molecule has 36 heavy (non-hydrogen) atoms. The van der Waals surface area contributed by atoms with Crippen LogP contribution in [0.3, 0.4) is 0 Å². The van der Waals surface area contributed by atoms with E-state index < -0.39 is 36.2 Å². The molecule has 210 valence electrons. The van der Waals surface area contributed by atoms with Crippen LogP contribution in [0, 0.1) is 0 Å². The van der Waals surface area contributed by atoms with Gasteiger partial charge in [0.25, 0.3) is 0 Å². The van der Waals surface area contributed by atoms with Gasteiger partial charge >= 0.3 is 36.2 Å². The van der Waals surface area contributed by atoms with Gasteiger partial charge in [-0.3, -0.25) is 0 Å². The highest BCUT2D eigenvalue weighted by Gasteiger charge is 1.91. The second kappa shape index (κ2) is 32.6. The predicted molar refractivity (Wildman–Crippen MR) is 131 cm³/mol. The average Bonchev–Trinajstić information content (AvgIpc) is 2.69. The highest BCUT2D eigenvalue weighted by Crippen LogP contribution is 1.82. The number of primary amides is 3. The molecule has 3 amide bonds. The number of aliphatic carboxylic acids is 3. The molecule has 0 aliphatic heterocycles. The summed E-state index contributed by atoms with van der Waals surface area (Å²) in [5, 5.41) is 23.7. The Morgan fingerprint density at radius 2 is 0.639 bits per heavy atom. The van der Waals surface area contributed by atoms with Crippen molar-refractivity contribution in [2.75, 3.05) is 19.8 Å². The summed E-state index contributed by atoms with van der Waals surface area (Å²) in [7, 11) is 0. The number of nitrogens with two attached hydrogens (primary N) is 3. The number of carbonyl (C=O) groups is 6. The zero-order chi connectivity index (χ0) is 30.4. The van der Waals surface area contributed by atoms with Crippen LogP contribution in [0.5, 0.6) is 0 Å². The Bertz CT molecular complexity index is 588. The average molecular weight is 526 g/mol. The van der Waals surface area contributed by atoms with E-state index in [2.05, 4.69) is 51.1 Å². The molecule has 0 spiro atoms. The summed E-state index contributed by atoms with van der Waals surface area (Å²) in [6.45, 7) is 20.0. The van der Waals surface area contributed by atoms with E-state index in [1.54, 1.807) is 20.8 Å². The molecule has 0 atom stereocenters. The summed E-state index contributed by atoms with van der Waals surface area (Å²) in [5.41, 5.74) is 14.2. The van der Waals surface area contributed by atoms with Crippen molar-refractivity contribution in [2.45, 2.75) is 41.5 Å². The first-order valence-corrected chi connectivity index (χ1v) is 9.67. The summed E-state index contributed by atoms with van der Waals surface area (Å²) >= 11 is 0. The van der Waals surface area contributed by atoms with Crippen molar-refractivity contribution in [1.29, 1.82) is 0 Å². The second-order valence-corrected chi connectivity index (χ2v) is 5.51. The van der Waals surface area contributed by atoms with Gasteiger partial charge in [0, 0.05) is 16.7 Å². The molecule has 0 unspecified atom stereocenters. The summed E-state index contributed by atoms with van der Waals surface area (Å²) in [5.74, 6) is -2.81. The standard InChI is InChI=1S/3C4H6O2.3C3H7NO2/c3*1-3(2)4(5)6;3*1-2-6-3(4)5/h3*1H2,2H3,(H,5,6);3*2H2,1H3,(H2,4,5). The minimum Gasteiger partial charge on any atom is -0.478 e. The van der Waals surface area contributed by atoms with Crippen molar-refractivity contribution >= 4 is 36.2 Å². The van der Waals surface area contributed by atoms with Crippen LogP contribution in [0.1, 0.15) is 41.5 Å². The van der Waals surface area contributed by atoms with Gasteiger partial charge in [0.15, 0.2) is 0 Å². The van der Waals surface area contributed by atoms with E-state index in [1.807, 2.05) is 0 Å². The summed E-state index contributed by atoms with van der Waals surface area (Å²) in [4.78, 5) is 57.6.